The van der Waals surface area contributed by atoms with Crippen LogP contribution >= 0.6 is 31.9 Å². The third kappa shape index (κ3) is 6.03. The molecule has 0 spiro atoms. The largest absolute Gasteiger partial charge is 0.373 e. The molecule has 1 rings (SSSR count). The second-order valence-electron chi connectivity index (χ2n) is 5.38. The van der Waals surface area contributed by atoms with Crippen LogP contribution in [0.4, 0.5) is 0 Å². The maximum atomic E-state index is 5.94. The van der Waals surface area contributed by atoms with Gasteiger partial charge in [-0.25, -0.2) is 0 Å². The average molecular weight is 364 g/mol. The first-order valence-electron chi connectivity index (χ1n) is 5.85. The number of hydrogen-bond donors (Lipinski definition) is 0. The molecule has 0 aliphatic rings. The maximum Gasteiger partial charge on any atom is 0.0922 e. The van der Waals surface area contributed by atoms with Gasteiger partial charge < -0.3 is 4.74 Å². The van der Waals surface area contributed by atoms with Crippen molar-refractivity contribution in [2.45, 2.75) is 33.3 Å². The number of benzene rings is 1. The number of halogens is 2. The summed E-state index contributed by atoms with van der Waals surface area (Å²) in [5, 5.41) is 0.827. The normalized spacial score (nSPS) is 13.7. The van der Waals surface area contributed by atoms with Gasteiger partial charge >= 0.3 is 0 Å². The van der Waals surface area contributed by atoms with E-state index < -0.39 is 0 Å². The lowest BCUT2D eigenvalue weighted by Crippen LogP contribution is -2.13. The average Bonchev–Trinajstić information content (AvgIpc) is 2.23. The van der Waals surface area contributed by atoms with Crippen molar-refractivity contribution in [3.63, 3.8) is 0 Å². The molecule has 0 fully saturated rings. The van der Waals surface area contributed by atoms with Crippen LogP contribution in [0.1, 0.15) is 38.9 Å². The van der Waals surface area contributed by atoms with Crippen LogP contribution in [0.3, 0.4) is 0 Å². The SMILES string of the molecule is CC(C)(C)CCOC(CBr)c1cccc(Br)c1. The van der Waals surface area contributed by atoms with Crippen molar-refractivity contribution in [3.8, 4) is 0 Å². The smallest absolute Gasteiger partial charge is 0.0922 e. The van der Waals surface area contributed by atoms with Gasteiger partial charge in [-0.1, -0.05) is 64.8 Å². The Hall–Kier alpha value is 0.140. The van der Waals surface area contributed by atoms with Crippen molar-refractivity contribution >= 4 is 31.9 Å². The minimum Gasteiger partial charge on any atom is -0.373 e. The summed E-state index contributed by atoms with van der Waals surface area (Å²) < 4.78 is 7.04. The molecule has 1 nitrogen and oxygen atoms in total. The molecular formula is C14H20Br2O. The van der Waals surface area contributed by atoms with E-state index in [-0.39, 0.29) is 6.10 Å². The second kappa shape index (κ2) is 6.91. The number of ether oxygens (including phenoxy) is 1. The van der Waals surface area contributed by atoms with Gasteiger partial charge in [-0.3, -0.25) is 0 Å². The first-order chi connectivity index (χ1) is 7.92. The van der Waals surface area contributed by atoms with Gasteiger partial charge in [0, 0.05) is 16.4 Å². The summed E-state index contributed by atoms with van der Waals surface area (Å²) in [5.41, 5.74) is 1.54. The zero-order chi connectivity index (χ0) is 12.9. The van der Waals surface area contributed by atoms with Gasteiger partial charge in [0.15, 0.2) is 0 Å². The predicted molar refractivity (Wildman–Crippen MR) is 80.7 cm³/mol. The molecule has 0 aliphatic carbocycles. The van der Waals surface area contributed by atoms with Crippen molar-refractivity contribution in [1.82, 2.24) is 0 Å². The molecule has 1 atom stereocenters. The van der Waals surface area contributed by atoms with E-state index in [1.165, 1.54) is 5.56 Å². The van der Waals surface area contributed by atoms with Crippen molar-refractivity contribution in [2.75, 3.05) is 11.9 Å². The van der Waals surface area contributed by atoms with E-state index in [4.69, 9.17) is 4.74 Å². The van der Waals surface area contributed by atoms with Gasteiger partial charge in [0.1, 0.15) is 0 Å². The third-order valence-electron chi connectivity index (χ3n) is 2.53. The topological polar surface area (TPSA) is 9.23 Å². The van der Waals surface area contributed by atoms with Crippen LogP contribution in [0.15, 0.2) is 28.7 Å². The van der Waals surface area contributed by atoms with Gasteiger partial charge in [-0.05, 0) is 29.5 Å². The molecule has 1 unspecified atom stereocenters. The zero-order valence-corrected chi connectivity index (χ0v) is 13.8. The quantitative estimate of drug-likeness (QED) is 0.641. The van der Waals surface area contributed by atoms with Crippen LogP contribution in [0.2, 0.25) is 0 Å². The molecule has 0 radical (unpaired) electrons. The standard InChI is InChI=1S/C14H20Br2O/c1-14(2,3)7-8-17-13(10-15)11-5-4-6-12(16)9-11/h4-6,9,13H,7-8,10H2,1-3H3. The molecule has 96 valence electrons. The Bertz CT molecular complexity index is 344. The Morgan fingerprint density at radius 1 is 1.29 bits per heavy atom. The minimum atomic E-state index is 0.134. The molecule has 0 amide bonds. The third-order valence-corrected chi connectivity index (χ3v) is 3.61. The Morgan fingerprint density at radius 2 is 2.00 bits per heavy atom. The molecule has 0 saturated heterocycles. The van der Waals surface area contributed by atoms with Gasteiger partial charge in [0.05, 0.1) is 6.10 Å². The van der Waals surface area contributed by atoms with Crippen LogP contribution in [0.5, 0.6) is 0 Å². The molecular weight excluding hydrogens is 344 g/mol. The highest BCUT2D eigenvalue weighted by molar-refractivity contribution is 9.10. The summed E-state index contributed by atoms with van der Waals surface area (Å²) in [4.78, 5) is 0. The first kappa shape index (κ1) is 15.2. The van der Waals surface area contributed by atoms with E-state index >= 15 is 0 Å². The monoisotopic (exact) mass is 362 g/mol. The molecule has 0 saturated carbocycles. The van der Waals surface area contributed by atoms with Crippen LogP contribution < -0.4 is 0 Å². The Balaban J connectivity index is 2.54. The Morgan fingerprint density at radius 3 is 2.53 bits per heavy atom. The Kier molecular flexibility index (Phi) is 6.18. The number of rotatable bonds is 5. The fourth-order valence-corrected chi connectivity index (χ4v) is 2.42. The molecule has 3 heteroatoms. The van der Waals surface area contributed by atoms with E-state index in [1.54, 1.807) is 0 Å². The Labute approximate surface area is 121 Å². The summed E-state index contributed by atoms with van der Waals surface area (Å²) in [6.07, 6.45) is 1.21. The number of hydrogen-bond acceptors (Lipinski definition) is 1. The highest BCUT2D eigenvalue weighted by Gasteiger charge is 2.14. The molecule has 0 bridgehead atoms. The van der Waals surface area contributed by atoms with E-state index in [1.807, 2.05) is 12.1 Å². The predicted octanol–water partition coefficient (Wildman–Crippen LogP) is 5.34. The highest BCUT2D eigenvalue weighted by atomic mass is 79.9. The molecule has 17 heavy (non-hydrogen) atoms. The zero-order valence-electron chi connectivity index (χ0n) is 10.7. The van der Waals surface area contributed by atoms with E-state index in [9.17, 15) is 0 Å². The lowest BCUT2D eigenvalue weighted by molar-refractivity contribution is 0.0521. The second-order valence-corrected chi connectivity index (χ2v) is 6.94. The summed E-state index contributed by atoms with van der Waals surface area (Å²) in [7, 11) is 0. The molecule has 1 aromatic rings. The maximum absolute atomic E-state index is 5.94. The summed E-state index contributed by atoms with van der Waals surface area (Å²) in [6.45, 7) is 7.50. The van der Waals surface area contributed by atoms with Crippen LogP contribution in [0.25, 0.3) is 0 Å². The van der Waals surface area contributed by atoms with Crippen molar-refractivity contribution in [2.24, 2.45) is 5.41 Å². The van der Waals surface area contributed by atoms with Crippen molar-refractivity contribution < 1.29 is 4.74 Å². The lowest BCUT2D eigenvalue weighted by atomic mass is 9.93. The van der Waals surface area contributed by atoms with E-state index in [0.29, 0.717) is 5.41 Å². The van der Waals surface area contributed by atoms with E-state index in [0.717, 1.165) is 22.8 Å². The van der Waals surface area contributed by atoms with Gasteiger partial charge in [-0.15, -0.1) is 0 Å². The van der Waals surface area contributed by atoms with Crippen LogP contribution in [0, 0.1) is 5.41 Å². The van der Waals surface area contributed by atoms with Crippen LogP contribution in [-0.4, -0.2) is 11.9 Å². The lowest BCUT2D eigenvalue weighted by Gasteiger charge is -2.21. The van der Waals surface area contributed by atoms with Gasteiger partial charge in [-0.2, -0.15) is 0 Å². The summed E-state index contributed by atoms with van der Waals surface area (Å²) in [5.74, 6) is 0. The van der Waals surface area contributed by atoms with Crippen molar-refractivity contribution in [1.29, 1.82) is 0 Å². The number of alkyl halides is 1. The van der Waals surface area contributed by atoms with Gasteiger partial charge in [0.2, 0.25) is 0 Å². The van der Waals surface area contributed by atoms with Crippen molar-refractivity contribution in [3.05, 3.63) is 34.3 Å². The minimum absolute atomic E-state index is 0.134. The van der Waals surface area contributed by atoms with Crippen LogP contribution in [-0.2, 0) is 4.74 Å². The first-order valence-corrected chi connectivity index (χ1v) is 7.77. The molecule has 1 aromatic carbocycles. The summed E-state index contributed by atoms with van der Waals surface area (Å²) in [6, 6.07) is 8.29. The fourth-order valence-electron chi connectivity index (χ4n) is 1.44. The molecule has 0 N–H and O–H groups in total. The van der Waals surface area contributed by atoms with E-state index in [2.05, 4.69) is 64.8 Å². The highest BCUT2D eigenvalue weighted by Crippen LogP contribution is 2.25. The summed E-state index contributed by atoms with van der Waals surface area (Å²) >= 11 is 7.01. The molecule has 0 aliphatic heterocycles. The molecule has 0 aromatic heterocycles. The fraction of sp³-hybridized carbons (Fsp3) is 0.571. The molecule has 0 heterocycles. The van der Waals surface area contributed by atoms with Gasteiger partial charge in [0.25, 0.3) is 0 Å².